The first-order valence-corrected chi connectivity index (χ1v) is 6.39. The maximum absolute atomic E-state index is 11.8. The largest absolute Gasteiger partial charge is 0.394 e. The summed E-state index contributed by atoms with van der Waals surface area (Å²) >= 11 is 6.03. The van der Waals surface area contributed by atoms with Gasteiger partial charge in [-0.2, -0.15) is 4.98 Å². The first-order valence-electron chi connectivity index (χ1n) is 6.01. The van der Waals surface area contributed by atoms with Crippen LogP contribution < -0.4 is 11.3 Å². The van der Waals surface area contributed by atoms with Gasteiger partial charge in [-0.25, -0.2) is 0 Å². The van der Waals surface area contributed by atoms with E-state index in [9.17, 15) is 9.90 Å². The zero-order valence-corrected chi connectivity index (χ0v) is 11.0. The van der Waals surface area contributed by atoms with E-state index in [-0.39, 0.29) is 35.0 Å². The molecule has 3 rings (SSSR count). The minimum Gasteiger partial charge on any atom is -0.394 e. The van der Waals surface area contributed by atoms with E-state index in [1.165, 1.54) is 6.20 Å². The number of aliphatic hydroxyl groups is 2. The number of H-pyrrole nitrogens is 1. The average molecular weight is 301 g/mol. The van der Waals surface area contributed by atoms with Crippen LogP contribution >= 0.6 is 11.6 Å². The third kappa shape index (κ3) is 1.97. The Bertz CT molecular complexity index is 712. The highest BCUT2D eigenvalue weighted by Gasteiger charge is 2.35. The smallest absolute Gasteiger partial charge is 0.263 e. The third-order valence-electron chi connectivity index (χ3n) is 3.35. The zero-order valence-electron chi connectivity index (χ0n) is 10.3. The highest BCUT2D eigenvalue weighted by Crippen LogP contribution is 2.33. The van der Waals surface area contributed by atoms with E-state index in [1.54, 1.807) is 4.57 Å². The summed E-state index contributed by atoms with van der Waals surface area (Å²) in [5.41, 5.74) is 5.38. The molecule has 0 radical (unpaired) electrons. The van der Waals surface area contributed by atoms with Gasteiger partial charge >= 0.3 is 0 Å². The summed E-state index contributed by atoms with van der Waals surface area (Å²) in [5.74, 6) is -0.0317. The molecule has 2 aromatic heterocycles. The number of aromatic amines is 1. The van der Waals surface area contributed by atoms with Crippen molar-refractivity contribution >= 4 is 28.6 Å². The van der Waals surface area contributed by atoms with Crippen molar-refractivity contribution in [2.24, 2.45) is 0 Å². The molecule has 1 fully saturated rings. The Hall–Kier alpha value is -1.61. The number of anilines is 1. The molecule has 1 aliphatic rings. The van der Waals surface area contributed by atoms with Crippen molar-refractivity contribution in [1.82, 2.24) is 14.5 Å². The molecule has 108 valence electrons. The molecule has 0 aromatic carbocycles. The van der Waals surface area contributed by atoms with E-state index in [1.807, 2.05) is 0 Å². The SMILES string of the molecule is Nc1nc2c(c(Cl)cn2[C@@H]2C[C@@H](O)[C@H](CO)O2)c(=O)[nH]1. The van der Waals surface area contributed by atoms with E-state index in [2.05, 4.69) is 9.97 Å². The summed E-state index contributed by atoms with van der Waals surface area (Å²) in [6.45, 7) is -0.291. The number of aliphatic hydroxyl groups excluding tert-OH is 2. The number of hydrogen-bond acceptors (Lipinski definition) is 6. The first-order chi connectivity index (χ1) is 9.51. The van der Waals surface area contributed by atoms with E-state index in [4.69, 9.17) is 27.2 Å². The van der Waals surface area contributed by atoms with Gasteiger partial charge in [0.05, 0.1) is 17.7 Å². The van der Waals surface area contributed by atoms with Crippen LogP contribution in [-0.2, 0) is 4.74 Å². The van der Waals surface area contributed by atoms with Gasteiger partial charge in [0.15, 0.2) is 5.65 Å². The highest BCUT2D eigenvalue weighted by atomic mass is 35.5. The molecule has 8 nitrogen and oxygen atoms in total. The number of nitrogen functional groups attached to an aromatic ring is 1. The number of halogens is 1. The average Bonchev–Trinajstić information content (AvgIpc) is 2.90. The van der Waals surface area contributed by atoms with Crippen LogP contribution in [0.2, 0.25) is 5.02 Å². The van der Waals surface area contributed by atoms with Gasteiger partial charge in [0.1, 0.15) is 17.7 Å². The van der Waals surface area contributed by atoms with E-state index in [0.717, 1.165) is 0 Å². The van der Waals surface area contributed by atoms with E-state index in [0.29, 0.717) is 0 Å². The lowest BCUT2D eigenvalue weighted by atomic mass is 10.2. The summed E-state index contributed by atoms with van der Waals surface area (Å²) in [7, 11) is 0. The number of hydrogen-bond donors (Lipinski definition) is 4. The normalized spacial score (nSPS) is 26.4. The number of ether oxygens (including phenoxy) is 1. The predicted octanol–water partition coefficient (Wildman–Crippen LogP) is -0.399. The molecule has 20 heavy (non-hydrogen) atoms. The Kier molecular flexibility index (Phi) is 3.17. The van der Waals surface area contributed by atoms with E-state index < -0.39 is 24.0 Å². The van der Waals surface area contributed by atoms with Crippen LogP contribution in [0.25, 0.3) is 11.0 Å². The second-order valence-corrected chi connectivity index (χ2v) is 5.06. The molecule has 2 aromatic rings. The van der Waals surface area contributed by atoms with Gasteiger partial charge < -0.3 is 25.3 Å². The van der Waals surface area contributed by atoms with Crippen molar-refractivity contribution in [3.05, 3.63) is 21.6 Å². The Labute approximate surface area is 117 Å². The second kappa shape index (κ2) is 4.74. The van der Waals surface area contributed by atoms with Crippen molar-refractivity contribution in [3.63, 3.8) is 0 Å². The maximum atomic E-state index is 11.8. The highest BCUT2D eigenvalue weighted by molar-refractivity contribution is 6.35. The second-order valence-electron chi connectivity index (χ2n) is 4.65. The monoisotopic (exact) mass is 300 g/mol. The lowest BCUT2D eigenvalue weighted by molar-refractivity contribution is -0.0430. The zero-order chi connectivity index (χ0) is 14.4. The van der Waals surface area contributed by atoms with Gasteiger partial charge in [-0.05, 0) is 0 Å². The van der Waals surface area contributed by atoms with Crippen LogP contribution in [0.3, 0.4) is 0 Å². The quantitative estimate of drug-likeness (QED) is 0.598. The maximum Gasteiger partial charge on any atom is 0.263 e. The van der Waals surface area contributed by atoms with Gasteiger partial charge in [-0.3, -0.25) is 9.78 Å². The van der Waals surface area contributed by atoms with Crippen molar-refractivity contribution < 1.29 is 14.9 Å². The van der Waals surface area contributed by atoms with Crippen molar-refractivity contribution in [2.75, 3.05) is 12.3 Å². The number of fused-ring (bicyclic) bond motifs is 1. The molecule has 3 atom stereocenters. The Morgan fingerprint density at radius 2 is 2.40 bits per heavy atom. The fourth-order valence-electron chi connectivity index (χ4n) is 2.40. The Morgan fingerprint density at radius 1 is 1.65 bits per heavy atom. The lowest BCUT2D eigenvalue weighted by Crippen LogP contribution is -2.24. The molecule has 0 amide bonds. The standard InChI is InChI=1S/C11H13ClN4O4/c12-4-2-16(7-1-5(18)6(3-17)20-7)9-8(4)10(19)15-11(13)14-9/h2,5-7,17-18H,1,3H2,(H3,13,14,15,19)/t5-,6+,7+/m1/s1. The van der Waals surface area contributed by atoms with Gasteiger partial charge in [-0.1, -0.05) is 11.6 Å². The van der Waals surface area contributed by atoms with Gasteiger partial charge in [0.2, 0.25) is 5.95 Å². The fraction of sp³-hybridized carbons (Fsp3) is 0.455. The summed E-state index contributed by atoms with van der Waals surface area (Å²) in [6, 6.07) is 0. The first kappa shape index (κ1) is 13.4. The van der Waals surface area contributed by atoms with Crippen LogP contribution in [0.1, 0.15) is 12.6 Å². The molecule has 1 saturated heterocycles. The predicted molar refractivity (Wildman–Crippen MR) is 71.4 cm³/mol. The molecule has 5 N–H and O–H groups in total. The van der Waals surface area contributed by atoms with Gasteiger partial charge in [0, 0.05) is 12.6 Å². The molecule has 9 heteroatoms. The van der Waals surface area contributed by atoms with Crippen LogP contribution in [0.4, 0.5) is 5.95 Å². The molecule has 0 spiro atoms. The molecule has 0 aliphatic carbocycles. The number of nitrogens with one attached hydrogen (secondary N) is 1. The lowest BCUT2D eigenvalue weighted by Gasteiger charge is -2.14. The summed E-state index contributed by atoms with van der Waals surface area (Å²) in [5, 5.41) is 19.3. The topological polar surface area (TPSA) is 126 Å². The van der Waals surface area contributed by atoms with Gasteiger partial charge in [-0.15, -0.1) is 0 Å². The molecule has 0 saturated carbocycles. The Balaban J connectivity index is 2.11. The molecule has 1 aliphatic heterocycles. The van der Waals surface area contributed by atoms with Crippen molar-refractivity contribution in [3.8, 4) is 0 Å². The molecule has 0 bridgehead atoms. The fourth-order valence-corrected chi connectivity index (χ4v) is 2.67. The number of rotatable bonds is 2. The van der Waals surface area contributed by atoms with Crippen LogP contribution in [0.15, 0.2) is 11.0 Å². The van der Waals surface area contributed by atoms with Crippen LogP contribution in [-0.4, -0.2) is 43.6 Å². The molecule has 0 unspecified atom stereocenters. The number of nitrogens with zero attached hydrogens (tertiary/aromatic N) is 2. The summed E-state index contributed by atoms with van der Waals surface area (Å²) in [4.78, 5) is 18.3. The Morgan fingerprint density at radius 3 is 3.05 bits per heavy atom. The van der Waals surface area contributed by atoms with Crippen molar-refractivity contribution in [1.29, 1.82) is 0 Å². The summed E-state index contributed by atoms with van der Waals surface area (Å²) in [6.07, 6.45) is -0.257. The molecule has 3 heterocycles. The number of nitrogens with two attached hydrogens (primary N) is 1. The molecular weight excluding hydrogens is 288 g/mol. The minimum absolute atomic E-state index is 0.0317. The molecular formula is C11H13ClN4O4. The third-order valence-corrected chi connectivity index (χ3v) is 3.64. The summed E-state index contributed by atoms with van der Waals surface area (Å²) < 4.78 is 7.07. The number of aromatic nitrogens is 3. The van der Waals surface area contributed by atoms with Crippen LogP contribution in [0.5, 0.6) is 0 Å². The minimum atomic E-state index is -0.791. The van der Waals surface area contributed by atoms with E-state index >= 15 is 0 Å². The van der Waals surface area contributed by atoms with Crippen LogP contribution in [0, 0.1) is 0 Å². The van der Waals surface area contributed by atoms with Crippen molar-refractivity contribution in [2.45, 2.75) is 24.9 Å². The van der Waals surface area contributed by atoms with Gasteiger partial charge in [0.25, 0.3) is 5.56 Å².